The molecule has 5 heterocycles. The third-order valence-corrected chi connectivity index (χ3v) is 9.40. The summed E-state index contributed by atoms with van der Waals surface area (Å²) in [5.41, 5.74) is 5.24. The molecule has 7 rings (SSSR count). The van der Waals surface area contributed by atoms with E-state index in [0.717, 1.165) is 39.7 Å². The number of nitrogens with one attached hydrogen (secondary N) is 2. The Morgan fingerprint density at radius 1 is 1.06 bits per heavy atom. The molecule has 2 fully saturated rings. The fourth-order valence-corrected chi connectivity index (χ4v) is 6.83. The number of imide groups is 1. The van der Waals surface area contributed by atoms with Crippen LogP contribution in [-0.2, 0) is 32.1 Å². The summed E-state index contributed by atoms with van der Waals surface area (Å²) in [6.07, 6.45) is 4.90. The van der Waals surface area contributed by atoms with Crippen molar-refractivity contribution in [3.8, 4) is 16.9 Å². The van der Waals surface area contributed by atoms with Gasteiger partial charge in [0.2, 0.25) is 17.7 Å². The molecule has 240 valence electrons. The van der Waals surface area contributed by atoms with Gasteiger partial charge in [-0.3, -0.25) is 29.3 Å². The van der Waals surface area contributed by atoms with Crippen LogP contribution in [0.4, 0.5) is 5.69 Å². The lowest BCUT2D eigenvalue weighted by atomic mass is 10.0. The Balaban J connectivity index is 0.977. The van der Waals surface area contributed by atoms with Crippen molar-refractivity contribution in [2.75, 3.05) is 31.1 Å². The van der Waals surface area contributed by atoms with Gasteiger partial charge in [0.15, 0.2) is 6.61 Å². The first-order valence-electron chi connectivity index (χ1n) is 15.4. The Morgan fingerprint density at radius 2 is 1.91 bits per heavy atom. The molecule has 2 N–H and O–H groups in total. The number of aryl methyl sites for hydroxylation is 1. The number of carbonyl (C=O) groups is 5. The van der Waals surface area contributed by atoms with Crippen LogP contribution in [0.3, 0.4) is 0 Å². The van der Waals surface area contributed by atoms with Crippen LogP contribution in [0.2, 0.25) is 5.02 Å². The number of ether oxygens (including phenoxy) is 1. The average Bonchev–Trinajstić information content (AvgIpc) is 3.64. The zero-order valence-electron chi connectivity index (χ0n) is 25.5. The highest BCUT2D eigenvalue weighted by molar-refractivity contribution is 6.38. The minimum atomic E-state index is -0.713. The fraction of sp³-hybridized carbons (Fsp3) is 0.294. The van der Waals surface area contributed by atoms with Crippen molar-refractivity contribution >= 4 is 57.9 Å². The van der Waals surface area contributed by atoms with E-state index in [1.165, 1.54) is 9.80 Å². The predicted octanol–water partition coefficient (Wildman–Crippen LogP) is 3.46. The maximum Gasteiger partial charge on any atom is 0.261 e. The molecule has 3 aliphatic heterocycles. The molecule has 2 aromatic heterocycles. The van der Waals surface area contributed by atoms with E-state index in [9.17, 15) is 24.0 Å². The number of piperidine rings is 1. The predicted molar refractivity (Wildman–Crippen MR) is 173 cm³/mol. The Labute approximate surface area is 274 Å². The Kier molecular flexibility index (Phi) is 7.88. The van der Waals surface area contributed by atoms with E-state index < -0.39 is 11.9 Å². The van der Waals surface area contributed by atoms with Crippen molar-refractivity contribution in [3.05, 3.63) is 76.6 Å². The number of rotatable bonds is 7. The molecule has 2 aromatic carbocycles. The van der Waals surface area contributed by atoms with Crippen molar-refractivity contribution < 1.29 is 28.7 Å². The number of benzene rings is 2. The standard InChI is InChI=1S/C34H31ClN6O6/c1-2-19-14-36-32-30(19)31(35)25(15-37-32)20-4-3-5-22(12-20)40-11-10-39(17-28(40)43)29(44)18-47-23-7-6-21-16-41(34(46)24(21)13-23)26-8-9-27(42)38-33(26)45/h3-7,12-15,26H,2,8-11,16-18H2,1H3,(H,36,37)(H,38,42,45). The van der Waals surface area contributed by atoms with E-state index in [-0.39, 0.29) is 56.2 Å². The molecule has 1 atom stereocenters. The number of pyridine rings is 1. The monoisotopic (exact) mass is 654 g/mol. The number of fused-ring (bicyclic) bond motifs is 2. The molecule has 0 bridgehead atoms. The number of carbonyl (C=O) groups excluding carboxylic acids is 5. The molecule has 0 saturated carbocycles. The van der Waals surface area contributed by atoms with Crippen molar-refractivity contribution in [2.45, 2.75) is 38.8 Å². The number of anilines is 1. The highest BCUT2D eigenvalue weighted by Gasteiger charge is 2.39. The quantitative estimate of drug-likeness (QED) is 0.290. The fourth-order valence-electron chi connectivity index (χ4n) is 6.46. The smallest absolute Gasteiger partial charge is 0.261 e. The number of hydrogen-bond acceptors (Lipinski definition) is 7. The van der Waals surface area contributed by atoms with Crippen LogP contribution in [0.1, 0.15) is 41.3 Å². The summed E-state index contributed by atoms with van der Waals surface area (Å²) < 4.78 is 5.74. The first kappa shape index (κ1) is 30.4. The summed E-state index contributed by atoms with van der Waals surface area (Å²) in [6.45, 7) is 2.52. The van der Waals surface area contributed by atoms with Gasteiger partial charge < -0.3 is 24.4 Å². The van der Waals surface area contributed by atoms with Crippen LogP contribution >= 0.6 is 11.6 Å². The van der Waals surface area contributed by atoms with E-state index >= 15 is 0 Å². The highest BCUT2D eigenvalue weighted by Crippen LogP contribution is 2.36. The van der Waals surface area contributed by atoms with Crippen molar-refractivity contribution in [2.24, 2.45) is 0 Å². The molecule has 5 amide bonds. The van der Waals surface area contributed by atoms with Gasteiger partial charge in [-0.1, -0.05) is 36.7 Å². The molecule has 1 unspecified atom stereocenters. The lowest BCUT2D eigenvalue weighted by Gasteiger charge is -2.34. The van der Waals surface area contributed by atoms with Crippen LogP contribution in [0.25, 0.3) is 22.2 Å². The molecule has 47 heavy (non-hydrogen) atoms. The van der Waals surface area contributed by atoms with Gasteiger partial charge in [-0.15, -0.1) is 0 Å². The number of amides is 5. The summed E-state index contributed by atoms with van der Waals surface area (Å²) in [5, 5.41) is 3.78. The van der Waals surface area contributed by atoms with Gasteiger partial charge >= 0.3 is 0 Å². The average molecular weight is 655 g/mol. The SMILES string of the molecule is CCc1c[nH]c2ncc(-c3cccc(N4CCN(C(=O)COc5ccc6c(c5)C(=O)N(C5CCC(=O)NC5=O)C6)CC4=O)c3)c(Cl)c12. The third-order valence-electron chi connectivity index (χ3n) is 9.00. The molecule has 3 aliphatic rings. The Morgan fingerprint density at radius 3 is 2.70 bits per heavy atom. The molecular weight excluding hydrogens is 624 g/mol. The van der Waals surface area contributed by atoms with E-state index in [4.69, 9.17) is 16.3 Å². The van der Waals surface area contributed by atoms with Gasteiger partial charge in [-0.25, -0.2) is 4.98 Å². The van der Waals surface area contributed by atoms with Crippen LogP contribution in [0, 0.1) is 0 Å². The summed E-state index contributed by atoms with van der Waals surface area (Å²) >= 11 is 6.84. The lowest BCUT2D eigenvalue weighted by Crippen LogP contribution is -2.53. The lowest BCUT2D eigenvalue weighted by molar-refractivity contribution is -0.138. The number of piperazine rings is 1. The number of halogens is 1. The zero-order chi connectivity index (χ0) is 32.8. The van der Waals surface area contributed by atoms with E-state index in [1.54, 1.807) is 29.3 Å². The third kappa shape index (κ3) is 5.58. The number of aromatic nitrogens is 2. The minimum absolute atomic E-state index is 0.104. The van der Waals surface area contributed by atoms with Crippen molar-refractivity contribution in [1.82, 2.24) is 25.1 Å². The van der Waals surface area contributed by atoms with E-state index in [0.29, 0.717) is 35.1 Å². The maximum atomic E-state index is 13.2. The van der Waals surface area contributed by atoms with E-state index in [1.807, 2.05) is 30.5 Å². The second kappa shape index (κ2) is 12.2. The topological polar surface area (TPSA) is 145 Å². The van der Waals surface area contributed by atoms with Crippen molar-refractivity contribution in [1.29, 1.82) is 0 Å². The minimum Gasteiger partial charge on any atom is -0.484 e. The summed E-state index contributed by atoms with van der Waals surface area (Å²) in [5.74, 6) is -1.40. The molecule has 4 aromatic rings. The summed E-state index contributed by atoms with van der Waals surface area (Å²) in [4.78, 5) is 75.5. The second-order valence-electron chi connectivity index (χ2n) is 11.8. The second-order valence-corrected chi connectivity index (χ2v) is 12.2. The number of aromatic amines is 1. The zero-order valence-corrected chi connectivity index (χ0v) is 26.3. The number of nitrogens with zero attached hydrogens (tertiary/aromatic N) is 4. The maximum absolute atomic E-state index is 13.2. The molecule has 12 nitrogen and oxygen atoms in total. The van der Waals surface area contributed by atoms with Gasteiger partial charge in [0.1, 0.15) is 24.0 Å². The first-order valence-corrected chi connectivity index (χ1v) is 15.8. The van der Waals surface area contributed by atoms with Crippen LogP contribution in [0.5, 0.6) is 5.75 Å². The molecule has 0 radical (unpaired) electrons. The van der Waals surface area contributed by atoms with Gasteiger partial charge in [0.05, 0.1) is 5.02 Å². The van der Waals surface area contributed by atoms with Gasteiger partial charge in [-0.2, -0.15) is 0 Å². The first-order chi connectivity index (χ1) is 22.7. The molecule has 13 heteroatoms. The normalized spacial score (nSPS) is 18.2. The highest BCUT2D eigenvalue weighted by atomic mass is 35.5. The Hall–Kier alpha value is -5.23. The van der Waals surface area contributed by atoms with Crippen molar-refractivity contribution in [3.63, 3.8) is 0 Å². The van der Waals surface area contributed by atoms with Crippen LogP contribution < -0.4 is 15.0 Å². The van der Waals surface area contributed by atoms with Gasteiger partial charge in [0.25, 0.3) is 11.8 Å². The van der Waals surface area contributed by atoms with Gasteiger partial charge in [0, 0.05) is 60.6 Å². The molecule has 0 spiro atoms. The molecule has 0 aliphatic carbocycles. The van der Waals surface area contributed by atoms with Crippen LogP contribution in [0.15, 0.2) is 54.9 Å². The summed E-state index contributed by atoms with van der Waals surface area (Å²) in [7, 11) is 0. The summed E-state index contributed by atoms with van der Waals surface area (Å²) in [6, 6.07) is 11.8. The molecule has 2 saturated heterocycles. The van der Waals surface area contributed by atoms with E-state index in [2.05, 4.69) is 22.2 Å². The number of hydrogen-bond donors (Lipinski definition) is 2. The van der Waals surface area contributed by atoms with Crippen LogP contribution in [-0.4, -0.2) is 81.6 Å². The number of H-pyrrole nitrogens is 1. The Bertz CT molecular complexity index is 1970. The van der Waals surface area contributed by atoms with Gasteiger partial charge in [-0.05, 0) is 53.8 Å². The molecular formula is C34H31ClN6O6. The largest absolute Gasteiger partial charge is 0.484 e.